The summed E-state index contributed by atoms with van der Waals surface area (Å²) in [5.74, 6) is 0.626. The van der Waals surface area contributed by atoms with Gasteiger partial charge in [0.25, 0.3) is 10.0 Å². The molecule has 0 radical (unpaired) electrons. The molecule has 0 fully saturated rings. The number of nitrogens with one attached hydrogen (secondary N) is 1. The molecule has 1 heterocycles. The second-order valence-corrected chi connectivity index (χ2v) is 6.86. The molecule has 5 nitrogen and oxygen atoms in total. The summed E-state index contributed by atoms with van der Waals surface area (Å²) in [4.78, 5) is 0. The zero-order chi connectivity index (χ0) is 14.6. The molecule has 0 spiro atoms. The lowest BCUT2D eigenvalue weighted by Gasteiger charge is -2.08. The summed E-state index contributed by atoms with van der Waals surface area (Å²) < 4.78 is 32.6. The Balaban J connectivity index is 2.21. The highest BCUT2D eigenvalue weighted by Gasteiger charge is 2.16. The fourth-order valence-electron chi connectivity index (χ4n) is 1.62. The first-order chi connectivity index (χ1) is 9.55. The Morgan fingerprint density at radius 3 is 2.80 bits per heavy atom. The lowest BCUT2D eigenvalue weighted by Crippen LogP contribution is -2.11. The largest absolute Gasteiger partial charge is 0.494 e. The van der Waals surface area contributed by atoms with Crippen LogP contribution in [0.25, 0.3) is 0 Å². The number of hydrogen-bond donors (Lipinski definition) is 2. The highest BCUT2D eigenvalue weighted by Crippen LogP contribution is 2.24. The van der Waals surface area contributed by atoms with E-state index in [1.165, 1.54) is 0 Å². The van der Waals surface area contributed by atoms with Gasteiger partial charge in [0.1, 0.15) is 9.96 Å². The van der Waals surface area contributed by atoms with Crippen LogP contribution in [-0.2, 0) is 16.6 Å². The molecule has 3 N–H and O–H groups in total. The van der Waals surface area contributed by atoms with Gasteiger partial charge in [0, 0.05) is 12.6 Å². The fraction of sp³-hybridized carbons (Fsp3) is 0.231. The van der Waals surface area contributed by atoms with Gasteiger partial charge in [-0.1, -0.05) is 6.07 Å². The van der Waals surface area contributed by atoms with Gasteiger partial charge in [-0.25, -0.2) is 8.42 Å². The number of hydrogen-bond acceptors (Lipinski definition) is 5. The molecule has 1 aromatic heterocycles. The van der Waals surface area contributed by atoms with Crippen LogP contribution in [-0.4, -0.2) is 15.0 Å². The van der Waals surface area contributed by atoms with Crippen molar-refractivity contribution in [3.8, 4) is 5.75 Å². The number of rotatable bonds is 6. The molecule has 20 heavy (non-hydrogen) atoms. The maximum atomic E-state index is 12.2. The number of nitrogens with two attached hydrogens (primary N) is 1. The van der Waals surface area contributed by atoms with Crippen molar-refractivity contribution in [3.63, 3.8) is 0 Å². The lowest BCUT2D eigenvalue weighted by molar-refractivity contribution is 0.340. The van der Waals surface area contributed by atoms with Crippen LogP contribution in [0.4, 0.5) is 5.69 Å². The van der Waals surface area contributed by atoms with Crippen molar-refractivity contribution in [2.24, 2.45) is 5.73 Å². The Morgan fingerprint density at radius 1 is 1.35 bits per heavy atom. The molecule has 0 saturated carbocycles. The van der Waals surface area contributed by atoms with Gasteiger partial charge in [-0.3, -0.25) is 4.72 Å². The zero-order valence-corrected chi connectivity index (χ0v) is 12.6. The molecular weight excluding hydrogens is 296 g/mol. The minimum Gasteiger partial charge on any atom is -0.494 e. The summed E-state index contributed by atoms with van der Waals surface area (Å²) in [7, 11) is -3.58. The van der Waals surface area contributed by atoms with E-state index >= 15 is 0 Å². The first-order valence-electron chi connectivity index (χ1n) is 6.08. The predicted octanol–water partition coefficient (Wildman–Crippen LogP) is 2.41. The summed E-state index contributed by atoms with van der Waals surface area (Å²) in [5, 5.41) is 1.74. The van der Waals surface area contributed by atoms with Gasteiger partial charge in [0.05, 0.1) is 12.3 Å². The topological polar surface area (TPSA) is 81.4 Å². The number of sulfonamides is 1. The van der Waals surface area contributed by atoms with Gasteiger partial charge in [-0.05, 0) is 36.1 Å². The van der Waals surface area contributed by atoms with Crippen LogP contribution >= 0.6 is 11.3 Å². The SMILES string of the molecule is CCOc1cccc(NS(=O)(=O)c2cc(CN)cs2)c1. The summed E-state index contributed by atoms with van der Waals surface area (Å²) in [6.45, 7) is 2.73. The monoisotopic (exact) mass is 312 g/mol. The van der Waals surface area contributed by atoms with Crippen molar-refractivity contribution >= 4 is 27.0 Å². The first kappa shape index (κ1) is 14.8. The van der Waals surface area contributed by atoms with Crippen molar-refractivity contribution in [1.29, 1.82) is 0 Å². The molecule has 2 rings (SSSR count). The fourth-order valence-corrected chi connectivity index (χ4v) is 3.89. The molecule has 0 amide bonds. The quantitative estimate of drug-likeness (QED) is 0.858. The lowest BCUT2D eigenvalue weighted by atomic mass is 10.3. The highest BCUT2D eigenvalue weighted by molar-refractivity contribution is 7.94. The van der Waals surface area contributed by atoms with E-state index in [0.29, 0.717) is 24.6 Å². The highest BCUT2D eigenvalue weighted by atomic mass is 32.2. The Kier molecular flexibility index (Phi) is 4.64. The third-order valence-corrected chi connectivity index (χ3v) is 5.40. The predicted molar refractivity (Wildman–Crippen MR) is 80.6 cm³/mol. The van der Waals surface area contributed by atoms with Crippen LogP contribution in [0.2, 0.25) is 0 Å². The number of benzene rings is 1. The third kappa shape index (κ3) is 3.50. The summed E-state index contributed by atoms with van der Waals surface area (Å²) in [6, 6.07) is 8.43. The van der Waals surface area contributed by atoms with E-state index in [9.17, 15) is 8.42 Å². The van der Waals surface area contributed by atoms with Crippen LogP contribution in [0.5, 0.6) is 5.75 Å². The average Bonchev–Trinajstić information content (AvgIpc) is 2.88. The third-order valence-electron chi connectivity index (χ3n) is 2.53. The molecule has 1 aromatic carbocycles. The summed E-state index contributed by atoms with van der Waals surface area (Å²) in [6.07, 6.45) is 0. The Labute approximate surface area is 122 Å². The van der Waals surface area contributed by atoms with Crippen LogP contribution < -0.4 is 15.2 Å². The molecular formula is C13H16N2O3S2. The standard InChI is InChI=1S/C13H16N2O3S2/c1-2-18-12-5-3-4-11(7-12)15-20(16,17)13-6-10(8-14)9-19-13/h3-7,9,15H,2,8,14H2,1H3. The van der Waals surface area contributed by atoms with Crippen LogP contribution in [0.15, 0.2) is 39.9 Å². The Bertz CT molecular complexity index is 680. The average molecular weight is 312 g/mol. The molecule has 0 unspecified atom stereocenters. The van der Waals surface area contributed by atoms with Crippen molar-refractivity contribution in [1.82, 2.24) is 0 Å². The molecule has 0 bridgehead atoms. The maximum Gasteiger partial charge on any atom is 0.271 e. The van der Waals surface area contributed by atoms with E-state index in [1.54, 1.807) is 35.7 Å². The van der Waals surface area contributed by atoms with Gasteiger partial charge in [-0.15, -0.1) is 11.3 Å². The minimum atomic E-state index is -3.58. The second kappa shape index (κ2) is 6.25. The maximum absolute atomic E-state index is 12.2. The van der Waals surface area contributed by atoms with E-state index in [0.717, 1.165) is 16.9 Å². The van der Waals surface area contributed by atoms with E-state index in [-0.39, 0.29) is 4.21 Å². The molecule has 0 saturated heterocycles. The smallest absolute Gasteiger partial charge is 0.271 e. The molecule has 0 aliphatic carbocycles. The van der Waals surface area contributed by atoms with Crippen LogP contribution in [0, 0.1) is 0 Å². The number of ether oxygens (including phenoxy) is 1. The van der Waals surface area contributed by atoms with Crippen molar-refractivity contribution in [3.05, 3.63) is 41.3 Å². The van der Waals surface area contributed by atoms with Crippen LogP contribution in [0.3, 0.4) is 0 Å². The van der Waals surface area contributed by atoms with E-state index < -0.39 is 10.0 Å². The first-order valence-corrected chi connectivity index (χ1v) is 8.44. The molecule has 2 aromatic rings. The van der Waals surface area contributed by atoms with Crippen LogP contribution in [0.1, 0.15) is 12.5 Å². The van der Waals surface area contributed by atoms with E-state index in [1.807, 2.05) is 6.92 Å². The zero-order valence-electron chi connectivity index (χ0n) is 11.0. The van der Waals surface area contributed by atoms with Crippen molar-refractivity contribution in [2.75, 3.05) is 11.3 Å². The second-order valence-electron chi connectivity index (χ2n) is 4.04. The normalized spacial score (nSPS) is 11.3. The Hall–Kier alpha value is -1.57. The van der Waals surface area contributed by atoms with Gasteiger partial charge >= 0.3 is 0 Å². The Morgan fingerprint density at radius 2 is 2.15 bits per heavy atom. The number of thiophene rings is 1. The van der Waals surface area contributed by atoms with Gasteiger partial charge in [0.15, 0.2) is 0 Å². The molecule has 0 aliphatic rings. The summed E-state index contributed by atoms with van der Waals surface area (Å²) >= 11 is 1.15. The van der Waals surface area contributed by atoms with Crippen molar-refractivity contribution in [2.45, 2.75) is 17.7 Å². The number of anilines is 1. The summed E-state index contributed by atoms with van der Waals surface area (Å²) in [5.41, 5.74) is 6.76. The molecule has 0 atom stereocenters. The van der Waals surface area contributed by atoms with Crippen molar-refractivity contribution < 1.29 is 13.2 Å². The molecule has 0 aliphatic heterocycles. The van der Waals surface area contributed by atoms with E-state index in [4.69, 9.17) is 10.5 Å². The molecule has 108 valence electrons. The molecule has 7 heteroatoms. The van der Waals surface area contributed by atoms with Gasteiger partial charge in [-0.2, -0.15) is 0 Å². The van der Waals surface area contributed by atoms with E-state index in [2.05, 4.69) is 4.72 Å². The van der Waals surface area contributed by atoms with Gasteiger partial charge in [0.2, 0.25) is 0 Å². The minimum absolute atomic E-state index is 0.250. The van der Waals surface area contributed by atoms with Gasteiger partial charge < -0.3 is 10.5 Å².